The van der Waals surface area contributed by atoms with E-state index in [0.29, 0.717) is 4.75 Å². The van der Waals surface area contributed by atoms with Crippen molar-refractivity contribution in [3.05, 3.63) is 0 Å². The SMILES string of the molecule is CSC1(CNCC(O)CC2CCCC2)CCCC1. The molecule has 0 radical (unpaired) electrons. The van der Waals surface area contributed by atoms with E-state index in [1.165, 1.54) is 51.4 Å². The first-order chi connectivity index (χ1) is 8.74. The first kappa shape index (κ1) is 14.7. The zero-order chi connectivity index (χ0) is 12.8. The van der Waals surface area contributed by atoms with Crippen LogP contribution in [0.15, 0.2) is 0 Å². The van der Waals surface area contributed by atoms with Crippen molar-refractivity contribution in [1.82, 2.24) is 5.32 Å². The second-order valence-corrected chi connectivity index (χ2v) is 7.54. The molecule has 0 aliphatic heterocycles. The van der Waals surface area contributed by atoms with Crippen molar-refractivity contribution >= 4 is 11.8 Å². The molecule has 106 valence electrons. The first-order valence-electron chi connectivity index (χ1n) is 7.68. The Labute approximate surface area is 116 Å². The normalized spacial score (nSPS) is 25.7. The number of rotatable bonds is 7. The van der Waals surface area contributed by atoms with Crippen molar-refractivity contribution in [1.29, 1.82) is 0 Å². The van der Waals surface area contributed by atoms with Crippen molar-refractivity contribution in [2.75, 3.05) is 19.3 Å². The summed E-state index contributed by atoms with van der Waals surface area (Å²) in [6, 6.07) is 0. The number of hydrogen-bond donors (Lipinski definition) is 2. The Morgan fingerprint density at radius 2 is 1.89 bits per heavy atom. The van der Waals surface area contributed by atoms with Gasteiger partial charge in [0.2, 0.25) is 0 Å². The van der Waals surface area contributed by atoms with Gasteiger partial charge in [0.15, 0.2) is 0 Å². The van der Waals surface area contributed by atoms with Gasteiger partial charge in [-0.05, 0) is 31.4 Å². The summed E-state index contributed by atoms with van der Waals surface area (Å²) in [5.41, 5.74) is 0. The van der Waals surface area contributed by atoms with Gasteiger partial charge in [-0.15, -0.1) is 0 Å². The number of aliphatic hydroxyl groups is 1. The second kappa shape index (κ2) is 7.16. The Hall–Kier alpha value is 0.270. The highest BCUT2D eigenvalue weighted by Gasteiger charge is 2.32. The van der Waals surface area contributed by atoms with E-state index in [1.807, 2.05) is 11.8 Å². The minimum Gasteiger partial charge on any atom is -0.392 e. The standard InChI is InChI=1S/C15H29NOS/c1-18-15(8-4-5-9-15)12-16-11-14(17)10-13-6-2-3-7-13/h13-14,16-17H,2-12H2,1H3. The third kappa shape index (κ3) is 4.14. The summed E-state index contributed by atoms with van der Waals surface area (Å²) >= 11 is 2.02. The number of nitrogens with one attached hydrogen (secondary N) is 1. The van der Waals surface area contributed by atoms with Crippen LogP contribution in [0.5, 0.6) is 0 Å². The van der Waals surface area contributed by atoms with Gasteiger partial charge in [0, 0.05) is 17.8 Å². The van der Waals surface area contributed by atoms with Gasteiger partial charge in [0.25, 0.3) is 0 Å². The largest absolute Gasteiger partial charge is 0.392 e. The fourth-order valence-electron chi connectivity index (χ4n) is 3.65. The van der Waals surface area contributed by atoms with E-state index in [-0.39, 0.29) is 6.10 Å². The quantitative estimate of drug-likeness (QED) is 0.746. The maximum atomic E-state index is 10.1. The fourth-order valence-corrected chi connectivity index (χ4v) is 4.60. The lowest BCUT2D eigenvalue weighted by Gasteiger charge is -2.28. The minimum atomic E-state index is -0.131. The van der Waals surface area contributed by atoms with Crippen LogP contribution in [0, 0.1) is 5.92 Å². The van der Waals surface area contributed by atoms with E-state index < -0.39 is 0 Å². The lowest BCUT2D eigenvalue weighted by Crippen LogP contribution is -2.39. The van der Waals surface area contributed by atoms with Gasteiger partial charge in [-0.2, -0.15) is 11.8 Å². The summed E-state index contributed by atoms with van der Waals surface area (Å²) in [5.74, 6) is 0.794. The van der Waals surface area contributed by atoms with Gasteiger partial charge in [-0.1, -0.05) is 38.5 Å². The first-order valence-corrected chi connectivity index (χ1v) is 8.90. The predicted octanol–water partition coefficient (Wildman–Crippen LogP) is 3.19. The average Bonchev–Trinajstić information content (AvgIpc) is 3.01. The van der Waals surface area contributed by atoms with Gasteiger partial charge in [-0.3, -0.25) is 0 Å². The maximum absolute atomic E-state index is 10.1. The highest BCUT2D eigenvalue weighted by Crippen LogP contribution is 2.39. The number of hydrogen-bond acceptors (Lipinski definition) is 3. The zero-order valence-electron chi connectivity index (χ0n) is 11.8. The van der Waals surface area contributed by atoms with Crippen LogP contribution in [-0.2, 0) is 0 Å². The Morgan fingerprint density at radius 3 is 2.50 bits per heavy atom. The highest BCUT2D eigenvalue weighted by molar-refractivity contribution is 8.00. The van der Waals surface area contributed by atoms with Gasteiger partial charge in [0.1, 0.15) is 0 Å². The molecule has 0 saturated heterocycles. The summed E-state index contributed by atoms with van der Waals surface area (Å²) in [6.45, 7) is 1.87. The van der Waals surface area contributed by atoms with Crippen molar-refractivity contribution in [3.63, 3.8) is 0 Å². The van der Waals surface area contributed by atoms with Crippen LogP contribution in [0.4, 0.5) is 0 Å². The van der Waals surface area contributed by atoms with E-state index in [0.717, 1.165) is 25.4 Å². The maximum Gasteiger partial charge on any atom is 0.0667 e. The number of thioether (sulfide) groups is 1. The molecule has 0 spiro atoms. The molecule has 2 fully saturated rings. The van der Waals surface area contributed by atoms with Crippen molar-refractivity contribution in [2.24, 2.45) is 5.92 Å². The van der Waals surface area contributed by atoms with Crippen molar-refractivity contribution in [2.45, 2.75) is 68.6 Å². The second-order valence-electron chi connectivity index (χ2n) is 6.27. The van der Waals surface area contributed by atoms with Crippen LogP contribution in [0.2, 0.25) is 0 Å². The predicted molar refractivity (Wildman–Crippen MR) is 80.2 cm³/mol. The molecule has 2 rings (SSSR count). The molecule has 0 aromatic rings. The van der Waals surface area contributed by atoms with Crippen LogP contribution >= 0.6 is 11.8 Å². The Balaban J connectivity index is 1.61. The molecule has 0 aromatic carbocycles. The molecule has 2 N–H and O–H groups in total. The van der Waals surface area contributed by atoms with E-state index in [9.17, 15) is 5.11 Å². The topological polar surface area (TPSA) is 32.3 Å². The minimum absolute atomic E-state index is 0.131. The Kier molecular flexibility index (Phi) is 5.84. The van der Waals surface area contributed by atoms with Gasteiger partial charge in [0.05, 0.1) is 6.10 Å². The van der Waals surface area contributed by atoms with Crippen LogP contribution in [-0.4, -0.2) is 35.3 Å². The van der Waals surface area contributed by atoms with E-state index in [2.05, 4.69) is 11.6 Å². The van der Waals surface area contributed by atoms with Crippen LogP contribution < -0.4 is 5.32 Å². The highest BCUT2D eigenvalue weighted by atomic mass is 32.2. The molecule has 2 nitrogen and oxygen atoms in total. The molecular weight excluding hydrogens is 242 g/mol. The van der Waals surface area contributed by atoms with Gasteiger partial charge < -0.3 is 10.4 Å². The Bertz CT molecular complexity index is 235. The molecular formula is C15H29NOS. The lowest BCUT2D eigenvalue weighted by atomic mass is 10.00. The summed E-state index contributed by atoms with van der Waals surface area (Å²) < 4.78 is 0.465. The molecule has 1 unspecified atom stereocenters. The molecule has 0 bridgehead atoms. The lowest BCUT2D eigenvalue weighted by molar-refractivity contribution is 0.140. The molecule has 0 aromatic heterocycles. The van der Waals surface area contributed by atoms with Crippen molar-refractivity contribution in [3.8, 4) is 0 Å². The van der Waals surface area contributed by atoms with Crippen LogP contribution in [0.25, 0.3) is 0 Å². The summed E-state index contributed by atoms with van der Waals surface area (Å²) in [7, 11) is 0. The summed E-state index contributed by atoms with van der Waals surface area (Å²) in [5, 5.41) is 13.6. The molecule has 2 saturated carbocycles. The molecule has 2 aliphatic carbocycles. The molecule has 18 heavy (non-hydrogen) atoms. The summed E-state index contributed by atoms with van der Waals surface area (Å²) in [4.78, 5) is 0. The molecule has 0 amide bonds. The zero-order valence-corrected chi connectivity index (χ0v) is 12.6. The van der Waals surface area contributed by atoms with Crippen LogP contribution in [0.1, 0.15) is 57.8 Å². The third-order valence-electron chi connectivity index (χ3n) is 4.86. The molecule has 3 heteroatoms. The molecule has 1 atom stereocenters. The monoisotopic (exact) mass is 271 g/mol. The summed E-state index contributed by atoms with van der Waals surface area (Å²) in [6.07, 6.45) is 14.0. The Morgan fingerprint density at radius 1 is 1.22 bits per heavy atom. The fraction of sp³-hybridized carbons (Fsp3) is 1.00. The average molecular weight is 271 g/mol. The van der Waals surface area contributed by atoms with Gasteiger partial charge >= 0.3 is 0 Å². The molecule has 2 aliphatic rings. The van der Waals surface area contributed by atoms with E-state index >= 15 is 0 Å². The molecule has 0 heterocycles. The smallest absolute Gasteiger partial charge is 0.0667 e. The third-order valence-corrected chi connectivity index (χ3v) is 6.27. The van der Waals surface area contributed by atoms with Gasteiger partial charge in [-0.25, -0.2) is 0 Å². The van der Waals surface area contributed by atoms with E-state index in [1.54, 1.807) is 0 Å². The van der Waals surface area contributed by atoms with E-state index in [4.69, 9.17) is 0 Å². The van der Waals surface area contributed by atoms with Crippen molar-refractivity contribution < 1.29 is 5.11 Å². The van der Waals surface area contributed by atoms with Crippen LogP contribution in [0.3, 0.4) is 0 Å². The number of aliphatic hydroxyl groups excluding tert-OH is 1.